The van der Waals surface area contributed by atoms with Crippen LogP contribution in [0, 0.1) is 5.41 Å². The Morgan fingerprint density at radius 1 is 1.22 bits per heavy atom. The van der Waals surface area contributed by atoms with E-state index in [1.54, 1.807) is 32.4 Å². The Labute approximate surface area is 136 Å². The van der Waals surface area contributed by atoms with E-state index in [0.29, 0.717) is 23.8 Å². The molecule has 0 saturated heterocycles. The lowest BCUT2D eigenvalue weighted by Gasteiger charge is -2.13. The zero-order valence-corrected chi connectivity index (χ0v) is 13.7. The summed E-state index contributed by atoms with van der Waals surface area (Å²) in [5, 5.41) is 12.0. The molecule has 2 N–H and O–H groups in total. The van der Waals surface area contributed by atoms with Crippen LogP contribution in [0.3, 0.4) is 0 Å². The molecule has 0 unspecified atom stereocenters. The molecule has 0 aromatic heterocycles. The van der Waals surface area contributed by atoms with Crippen LogP contribution in [0.1, 0.15) is 18.4 Å². The zero-order chi connectivity index (χ0) is 16.9. The first kappa shape index (κ1) is 17.1. The van der Waals surface area contributed by atoms with Gasteiger partial charge in [-0.05, 0) is 36.6 Å². The van der Waals surface area contributed by atoms with E-state index in [1.807, 2.05) is 0 Å². The highest BCUT2D eigenvalue weighted by atomic mass is 16.5. The van der Waals surface area contributed by atoms with Crippen LogP contribution in [0.15, 0.2) is 18.2 Å². The number of aliphatic hydroxyl groups excluding tert-OH is 1. The Hall–Kier alpha value is -2.21. The van der Waals surface area contributed by atoms with Crippen molar-refractivity contribution < 1.29 is 24.1 Å². The molecule has 0 heterocycles. The van der Waals surface area contributed by atoms with Gasteiger partial charge < -0.3 is 24.6 Å². The fourth-order valence-electron chi connectivity index (χ4n) is 2.27. The molecular weight excluding hydrogens is 298 g/mol. The monoisotopic (exact) mass is 321 g/mol. The number of carbonyl (C=O) groups is 1. The van der Waals surface area contributed by atoms with E-state index in [0.717, 1.165) is 18.4 Å². The third-order valence-electron chi connectivity index (χ3n) is 4.04. The van der Waals surface area contributed by atoms with Gasteiger partial charge >= 0.3 is 0 Å². The number of methoxy groups -OCH3 is 3. The highest BCUT2D eigenvalue weighted by molar-refractivity contribution is 5.92. The Balaban J connectivity index is 2.05. The number of aliphatic hydroxyl groups is 1. The molecule has 6 nitrogen and oxygen atoms in total. The minimum Gasteiger partial charge on any atom is -0.493 e. The zero-order valence-electron chi connectivity index (χ0n) is 13.7. The predicted octanol–water partition coefficient (Wildman–Crippen LogP) is 1.61. The van der Waals surface area contributed by atoms with Crippen LogP contribution >= 0.6 is 0 Å². The van der Waals surface area contributed by atoms with Gasteiger partial charge in [0.25, 0.3) is 0 Å². The SMILES string of the molecule is COc1cc(/C=C/C(=O)NCC2(CO)CC2)cc(OC)c1OC. The molecule has 1 fully saturated rings. The minimum absolute atomic E-state index is 0.101. The number of hydrogen-bond donors (Lipinski definition) is 2. The third kappa shape index (κ3) is 4.16. The summed E-state index contributed by atoms with van der Waals surface area (Å²) in [5.74, 6) is 1.38. The highest BCUT2D eigenvalue weighted by Gasteiger charge is 2.41. The van der Waals surface area contributed by atoms with Crippen molar-refractivity contribution in [3.8, 4) is 17.2 Å². The van der Waals surface area contributed by atoms with E-state index in [2.05, 4.69) is 5.32 Å². The van der Waals surface area contributed by atoms with E-state index < -0.39 is 0 Å². The third-order valence-corrected chi connectivity index (χ3v) is 4.04. The van der Waals surface area contributed by atoms with Crippen molar-refractivity contribution >= 4 is 12.0 Å². The van der Waals surface area contributed by atoms with Crippen LogP contribution in [-0.2, 0) is 4.79 Å². The summed E-state index contributed by atoms with van der Waals surface area (Å²) < 4.78 is 15.8. The maximum Gasteiger partial charge on any atom is 0.244 e. The van der Waals surface area contributed by atoms with Gasteiger partial charge in [-0.2, -0.15) is 0 Å². The molecule has 1 amide bonds. The molecule has 23 heavy (non-hydrogen) atoms. The first-order chi connectivity index (χ1) is 11.1. The summed E-state index contributed by atoms with van der Waals surface area (Å²) in [4.78, 5) is 11.9. The first-order valence-electron chi connectivity index (χ1n) is 7.44. The van der Waals surface area contributed by atoms with Gasteiger partial charge in [0, 0.05) is 18.0 Å². The Morgan fingerprint density at radius 3 is 2.26 bits per heavy atom. The minimum atomic E-state index is -0.196. The van der Waals surface area contributed by atoms with E-state index in [1.165, 1.54) is 13.2 Å². The van der Waals surface area contributed by atoms with Crippen molar-refractivity contribution in [2.45, 2.75) is 12.8 Å². The molecule has 126 valence electrons. The van der Waals surface area contributed by atoms with Crippen LogP contribution in [0.4, 0.5) is 0 Å². The molecule has 0 atom stereocenters. The lowest BCUT2D eigenvalue weighted by molar-refractivity contribution is -0.116. The molecule has 2 rings (SSSR count). The molecule has 1 aliphatic carbocycles. The van der Waals surface area contributed by atoms with Crippen molar-refractivity contribution in [2.24, 2.45) is 5.41 Å². The topological polar surface area (TPSA) is 77.0 Å². The molecule has 0 bridgehead atoms. The number of carbonyl (C=O) groups excluding carboxylic acids is 1. The predicted molar refractivity (Wildman–Crippen MR) is 86.9 cm³/mol. The molecule has 0 spiro atoms. The van der Waals surface area contributed by atoms with Gasteiger partial charge in [0.1, 0.15) is 0 Å². The summed E-state index contributed by atoms with van der Waals surface area (Å²) in [7, 11) is 4.63. The summed E-state index contributed by atoms with van der Waals surface area (Å²) in [5.41, 5.74) is 0.661. The summed E-state index contributed by atoms with van der Waals surface area (Å²) in [6, 6.07) is 3.53. The van der Waals surface area contributed by atoms with Gasteiger partial charge in [-0.25, -0.2) is 0 Å². The number of hydrogen-bond acceptors (Lipinski definition) is 5. The molecule has 1 saturated carbocycles. The number of benzene rings is 1. The molecular formula is C17H23NO5. The number of rotatable bonds is 8. The number of nitrogens with one attached hydrogen (secondary N) is 1. The van der Waals surface area contributed by atoms with Crippen molar-refractivity contribution in [3.63, 3.8) is 0 Å². The van der Waals surface area contributed by atoms with Crippen LogP contribution < -0.4 is 19.5 Å². The number of amides is 1. The van der Waals surface area contributed by atoms with Gasteiger partial charge in [0.2, 0.25) is 11.7 Å². The molecule has 1 aliphatic rings. The molecule has 1 aromatic rings. The van der Waals surface area contributed by atoms with Gasteiger partial charge in [-0.15, -0.1) is 0 Å². The average molecular weight is 321 g/mol. The van der Waals surface area contributed by atoms with E-state index in [-0.39, 0.29) is 17.9 Å². The smallest absolute Gasteiger partial charge is 0.244 e. The van der Waals surface area contributed by atoms with Gasteiger partial charge in [0.15, 0.2) is 11.5 Å². The maximum atomic E-state index is 11.9. The molecule has 0 radical (unpaired) electrons. The van der Waals surface area contributed by atoms with E-state index >= 15 is 0 Å². The van der Waals surface area contributed by atoms with Crippen LogP contribution in [0.25, 0.3) is 6.08 Å². The fraction of sp³-hybridized carbons (Fsp3) is 0.471. The van der Waals surface area contributed by atoms with Crippen LogP contribution in [-0.4, -0.2) is 45.5 Å². The lowest BCUT2D eigenvalue weighted by atomic mass is 10.1. The van der Waals surface area contributed by atoms with Crippen molar-refractivity contribution in [1.29, 1.82) is 0 Å². The summed E-state index contributed by atoms with van der Waals surface area (Å²) >= 11 is 0. The highest BCUT2D eigenvalue weighted by Crippen LogP contribution is 2.44. The Kier molecular flexibility index (Phi) is 5.50. The van der Waals surface area contributed by atoms with Crippen molar-refractivity contribution in [2.75, 3.05) is 34.5 Å². The van der Waals surface area contributed by atoms with Crippen LogP contribution in [0.5, 0.6) is 17.2 Å². The van der Waals surface area contributed by atoms with E-state index in [4.69, 9.17) is 14.2 Å². The molecule has 0 aliphatic heterocycles. The summed E-state index contributed by atoms with van der Waals surface area (Å²) in [6.07, 6.45) is 5.05. The normalized spacial score (nSPS) is 15.3. The molecule has 1 aromatic carbocycles. The quantitative estimate of drug-likeness (QED) is 0.712. The Morgan fingerprint density at radius 2 is 1.83 bits per heavy atom. The van der Waals surface area contributed by atoms with Gasteiger partial charge in [-0.3, -0.25) is 4.79 Å². The second-order valence-electron chi connectivity index (χ2n) is 5.67. The van der Waals surface area contributed by atoms with Gasteiger partial charge in [-0.1, -0.05) is 0 Å². The average Bonchev–Trinajstić information content (AvgIpc) is 3.37. The first-order valence-corrected chi connectivity index (χ1v) is 7.44. The largest absolute Gasteiger partial charge is 0.493 e. The van der Waals surface area contributed by atoms with E-state index in [9.17, 15) is 9.90 Å². The standard InChI is InChI=1S/C17H23NO5/c1-21-13-8-12(9-14(22-2)16(13)23-3)4-5-15(20)18-10-17(11-19)6-7-17/h4-5,8-9,19H,6-7,10-11H2,1-3H3,(H,18,20)/b5-4+. The number of ether oxygens (including phenoxy) is 3. The summed E-state index contributed by atoms with van der Waals surface area (Å²) in [6.45, 7) is 0.617. The second-order valence-corrected chi connectivity index (χ2v) is 5.67. The second kappa shape index (κ2) is 7.37. The molecule has 6 heteroatoms. The maximum absolute atomic E-state index is 11.9. The van der Waals surface area contributed by atoms with Crippen molar-refractivity contribution in [3.05, 3.63) is 23.8 Å². The Bertz CT molecular complexity index is 568. The van der Waals surface area contributed by atoms with Gasteiger partial charge in [0.05, 0.1) is 27.9 Å². The van der Waals surface area contributed by atoms with Crippen LogP contribution in [0.2, 0.25) is 0 Å². The van der Waals surface area contributed by atoms with Crippen molar-refractivity contribution in [1.82, 2.24) is 5.32 Å². The lowest BCUT2D eigenvalue weighted by Crippen LogP contribution is -2.30. The fourth-order valence-corrected chi connectivity index (χ4v) is 2.27.